The van der Waals surface area contributed by atoms with Gasteiger partial charge in [-0.05, 0) is 38.5 Å². The lowest BCUT2D eigenvalue weighted by molar-refractivity contribution is -0.118. The first-order valence-corrected chi connectivity index (χ1v) is 11.6. The molecular formula is C24H27N5O7. The van der Waals surface area contributed by atoms with E-state index in [2.05, 4.69) is 26.9 Å². The summed E-state index contributed by atoms with van der Waals surface area (Å²) in [6.07, 6.45) is 3.83. The van der Waals surface area contributed by atoms with Crippen LogP contribution in [0.5, 0.6) is 17.2 Å². The summed E-state index contributed by atoms with van der Waals surface area (Å²) in [5, 5.41) is 31.5. The molecule has 36 heavy (non-hydrogen) atoms. The predicted molar refractivity (Wildman–Crippen MR) is 125 cm³/mol. The number of phenolic OH excluding ortho intramolecular Hbond substituents is 1. The lowest BCUT2D eigenvalue weighted by Gasteiger charge is -2.35. The van der Waals surface area contributed by atoms with Gasteiger partial charge in [-0.25, -0.2) is 4.79 Å². The second kappa shape index (κ2) is 10.6. The van der Waals surface area contributed by atoms with Crippen molar-refractivity contribution in [2.45, 2.75) is 56.1 Å². The smallest absolute Gasteiger partial charge is 0.408 e. The number of carbonyl (C=O) groups excluding carboxylic acids is 3. The Morgan fingerprint density at radius 3 is 2.81 bits per heavy atom. The van der Waals surface area contributed by atoms with Crippen LogP contribution in [0.1, 0.15) is 60.5 Å². The van der Waals surface area contributed by atoms with Gasteiger partial charge in [0.1, 0.15) is 28.9 Å². The number of alkyl carbamates (subject to hydrolysis) is 1. The van der Waals surface area contributed by atoms with Crippen molar-refractivity contribution in [3.8, 4) is 23.3 Å². The Morgan fingerprint density at radius 2 is 2.14 bits per heavy atom. The molecule has 0 bridgehead atoms. The number of methoxy groups -OCH3 is 1. The fraction of sp³-hybridized carbons (Fsp3) is 0.458. The Bertz CT molecular complexity index is 1180. The molecule has 2 aliphatic carbocycles. The van der Waals surface area contributed by atoms with Crippen LogP contribution in [-0.2, 0) is 9.53 Å². The van der Waals surface area contributed by atoms with Crippen LogP contribution in [0.2, 0.25) is 0 Å². The van der Waals surface area contributed by atoms with E-state index < -0.39 is 24.1 Å². The number of ether oxygens (including phenoxy) is 3. The predicted octanol–water partition coefficient (Wildman–Crippen LogP) is 2.76. The number of aldehydes is 1. The Labute approximate surface area is 206 Å². The second-order valence-electron chi connectivity index (χ2n) is 8.93. The lowest BCUT2D eigenvalue weighted by Crippen LogP contribution is -2.52. The number of nitrogens with one attached hydrogen (secondary N) is 3. The molecule has 0 unspecified atom stereocenters. The first kappa shape index (κ1) is 24.8. The molecule has 2 amide bonds. The van der Waals surface area contributed by atoms with Crippen LogP contribution in [0, 0.1) is 11.3 Å². The van der Waals surface area contributed by atoms with Crippen LogP contribution in [-0.4, -0.2) is 59.0 Å². The SMILES string of the molecule is COc1cc(O)c(C=O)c(OCC(=O)Nc2cc([C@H]3CC[C@@H](OC(=O)NC4(C#N)CCC4)C3)[nH]n2)c1. The minimum absolute atomic E-state index is 0.0127. The third-order valence-electron chi connectivity index (χ3n) is 6.53. The summed E-state index contributed by atoms with van der Waals surface area (Å²) in [7, 11) is 1.40. The van der Waals surface area contributed by atoms with E-state index in [1.807, 2.05) is 0 Å². The minimum atomic E-state index is -0.795. The number of benzene rings is 1. The monoisotopic (exact) mass is 497 g/mol. The van der Waals surface area contributed by atoms with E-state index in [1.54, 1.807) is 6.07 Å². The molecule has 4 N–H and O–H groups in total. The fourth-order valence-electron chi connectivity index (χ4n) is 4.38. The van der Waals surface area contributed by atoms with E-state index in [1.165, 1.54) is 19.2 Å². The summed E-state index contributed by atoms with van der Waals surface area (Å²) in [6, 6.07) is 6.53. The third kappa shape index (κ3) is 5.51. The highest BCUT2D eigenvalue weighted by Crippen LogP contribution is 2.37. The highest BCUT2D eigenvalue weighted by Gasteiger charge is 2.40. The molecule has 1 heterocycles. The van der Waals surface area contributed by atoms with Crippen molar-refractivity contribution in [1.82, 2.24) is 15.5 Å². The van der Waals surface area contributed by atoms with Gasteiger partial charge in [-0.3, -0.25) is 14.7 Å². The van der Waals surface area contributed by atoms with Crippen molar-refractivity contribution in [3.05, 3.63) is 29.5 Å². The summed E-state index contributed by atoms with van der Waals surface area (Å²) >= 11 is 0. The molecule has 12 nitrogen and oxygen atoms in total. The molecule has 2 saturated carbocycles. The number of anilines is 1. The van der Waals surface area contributed by atoms with Gasteiger partial charge in [0.05, 0.1) is 18.7 Å². The van der Waals surface area contributed by atoms with Gasteiger partial charge in [-0.2, -0.15) is 10.4 Å². The van der Waals surface area contributed by atoms with E-state index in [0.29, 0.717) is 37.8 Å². The van der Waals surface area contributed by atoms with Crippen molar-refractivity contribution in [2.75, 3.05) is 19.0 Å². The quantitative estimate of drug-likeness (QED) is 0.379. The molecule has 2 atom stereocenters. The molecule has 4 rings (SSSR count). The first-order chi connectivity index (χ1) is 17.3. The number of aromatic amines is 1. The van der Waals surface area contributed by atoms with E-state index in [0.717, 1.165) is 18.5 Å². The third-order valence-corrected chi connectivity index (χ3v) is 6.53. The van der Waals surface area contributed by atoms with Crippen LogP contribution >= 0.6 is 0 Å². The summed E-state index contributed by atoms with van der Waals surface area (Å²) in [6.45, 7) is -0.422. The molecular weight excluding hydrogens is 470 g/mol. The summed E-state index contributed by atoms with van der Waals surface area (Å²) in [5.41, 5.74) is -0.0872. The lowest BCUT2D eigenvalue weighted by atomic mass is 9.78. The number of aromatic nitrogens is 2. The van der Waals surface area contributed by atoms with Gasteiger partial charge in [0.25, 0.3) is 5.91 Å². The largest absolute Gasteiger partial charge is 0.507 e. The maximum Gasteiger partial charge on any atom is 0.408 e. The van der Waals surface area contributed by atoms with Crippen LogP contribution < -0.4 is 20.1 Å². The van der Waals surface area contributed by atoms with Gasteiger partial charge in [0, 0.05) is 29.8 Å². The molecule has 2 aromatic rings. The molecule has 190 valence electrons. The van der Waals surface area contributed by atoms with Crippen LogP contribution in [0.15, 0.2) is 18.2 Å². The second-order valence-corrected chi connectivity index (χ2v) is 8.93. The van der Waals surface area contributed by atoms with Crippen molar-refractivity contribution in [2.24, 2.45) is 0 Å². The van der Waals surface area contributed by atoms with E-state index >= 15 is 0 Å². The number of hydrogen-bond acceptors (Lipinski definition) is 9. The number of phenols is 1. The maximum absolute atomic E-state index is 12.3. The van der Waals surface area contributed by atoms with Crippen molar-refractivity contribution in [3.63, 3.8) is 0 Å². The van der Waals surface area contributed by atoms with Crippen molar-refractivity contribution < 1.29 is 33.7 Å². The zero-order chi connectivity index (χ0) is 25.7. The van der Waals surface area contributed by atoms with Gasteiger partial charge in [0.15, 0.2) is 18.7 Å². The van der Waals surface area contributed by atoms with Crippen LogP contribution in [0.4, 0.5) is 10.6 Å². The highest BCUT2D eigenvalue weighted by molar-refractivity contribution is 5.91. The molecule has 0 radical (unpaired) electrons. The number of nitriles is 1. The van der Waals surface area contributed by atoms with Crippen molar-refractivity contribution in [1.29, 1.82) is 5.26 Å². The van der Waals surface area contributed by atoms with Gasteiger partial charge < -0.3 is 30.0 Å². The van der Waals surface area contributed by atoms with Crippen LogP contribution in [0.3, 0.4) is 0 Å². The van der Waals surface area contributed by atoms with E-state index in [4.69, 9.17) is 14.2 Å². The van der Waals surface area contributed by atoms with Gasteiger partial charge >= 0.3 is 6.09 Å². The topological polar surface area (TPSA) is 176 Å². The molecule has 2 fully saturated rings. The number of carbonyl (C=O) groups is 3. The van der Waals surface area contributed by atoms with E-state index in [-0.39, 0.29) is 34.8 Å². The summed E-state index contributed by atoms with van der Waals surface area (Å²) in [5.74, 6) is -0.181. The van der Waals surface area contributed by atoms with E-state index in [9.17, 15) is 24.8 Å². The number of nitrogens with zero attached hydrogens (tertiary/aromatic N) is 2. The van der Waals surface area contributed by atoms with Gasteiger partial charge in [0.2, 0.25) is 0 Å². The number of rotatable bonds is 9. The van der Waals surface area contributed by atoms with Gasteiger partial charge in [-0.15, -0.1) is 0 Å². The normalized spacial score (nSPS) is 19.9. The molecule has 1 aromatic carbocycles. The minimum Gasteiger partial charge on any atom is -0.507 e. The van der Waals surface area contributed by atoms with Crippen molar-refractivity contribution >= 4 is 24.1 Å². The molecule has 1 aromatic heterocycles. The highest BCUT2D eigenvalue weighted by atomic mass is 16.6. The average Bonchev–Trinajstić information content (AvgIpc) is 3.49. The number of H-pyrrole nitrogens is 1. The standard InChI is InChI=1S/C24H27N5O7/c1-34-16-8-19(31)17(11-30)20(9-16)35-12-22(32)26-21-10-18(28-29-21)14-3-4-15(7-14)36-23(33)27-24(13-25)5-2-6-24/h8-11,14-15,31H,2-7,12H2,1H3,(H,27,33)(H2,26,28,29,32)/t14-,15+/m0/s1. The molecule has 0 aliphatic heterocycles. The van der Waals surface area contributed by atoms with Crippen LogP contribution in [0.25, 0.3) is 0 Å². The number of amides is 2. The maximum atomic E-state index is 12.3. The molecule has 0 spiro atoms. The Hall–Kier alpha value is -4.27. The Morgan fingerprint density at radius 1 is 1.33 bits per heavy atom. The molecule has 0 saturated heterocycles. The zero-order valence-corrected chi connectivity index (χ0v) is 19.7. The fourth-order valence-corrected chi connectivity index (χ4v) is 4.38. The number of hydrogen-bond donors (Lipinski definition) is 4. The zero-order valence-electron chi connectivity index (χ0n) is 19.7. The first-order valence-electron chi connectivity index (χ1n) is 11.6. The number of aromatic hydroxyl groups is 1. The van der Waals surface area contributed by atoms with Gasteiger partial charge in [-0.1, -0.05) is 0 Å². The summed E-state index contributed by atoms with van der Waals surface area (Å²) < 4.78 is 16.0. The molecule has 2 aliphatic rings. The Balaban J connectivity index is 1.26. The molecule has 12 heteroatoms. The average molecular weight is 498 g/mol. The Kier molecular flexibility index (Phi) is 7.28. The summed E-state index contributed by atoms with van der Waals surface area (Å²) in [4.78, 5) is 35.8.